The van der Waals surface area contributed by atoms with E-state index in [-0.39, 0.29) is 17.2 Å². The second kappa shape index (κ2) is 10.7. The zero-order chi connectivity index (χ0) is 24.0. The van der Waals surface area contributed by atoms with E-state index in [4.69, 9.17) is 4.42 Å². The van der Waals surface area contributed by atoms with Gasteiger partial charge in [-0.05, 0) is 41.0 Å². The number of nitrogens with zero attached hydrogens (tertiary/aromatic N) is 2. The summed E-state index contributed by atoms with van der Waals surface area (Å²) in [6.45, 7) is 1.49. The Morgan fingerprint density at radius 3 is 2.06 bits per heavy atom. The molecule has 1 aromatic heterocycles. The Morgan fingerprint density at radius 2 is 1.49 bits per heavy atom. The van der Waals surface area contributed by atoms with E-state index in [2.05, 4.69) is 0 Å². The van der Waals surface area contributed by atoms with Crippen molar-refractivity contribution in [3.8, 4) is 0 Å². The summed E-state index contributed by atoms with van der Waals surface area (Å²) in [7, 11) is 0. The molecule has 0 saturated carbocycles. The van der Waals surface area contributed by atoms with Crippen LogP contribution in [0.15, 0.2) is 108 Å². The van der Waals surface area contributed by atoms with E-state index in [0.29, 0.717) is 31.0 Å². The standard InChI is InChI=1S/C29H26N2O3S/c32-27-21-35-29(31(27)20-26-12-7-17-34-26)25-15-13-24(14-16-25)28(33)30(18-22-8-3-1-4-9-22)19-23-10-5-2-6-11-23/h1-17,29H,18-21H2. The molecule has 0 N–H and O–H groups in total. The summed E-state index contributed by atoms with van der Waals surface area (Å²) >= 11 is 1.60. The van der Waals surface area contributed by atoms with Crippen LogP contribution in [0.5, 0.6) is 0 Å². The van der Waals surface area contributed by atoms with Crippen LogP contribution >= 0.6 is 11.8 Å². The zero-order valence-corrected chi connectivity index (χ0v) is 20.1. The maximum Gasteiger partial charge on any atom is 0.254 e. The fourth-order valence-electron chi connectivity index (χ4n) is 4.25. The van der Waals surface area contributed by atoms with Crippen LogP contribution in [0.4, 0.5) is 0 Å². The molecule has 4 aromatic rings. The predicted molar refractivity (Wildman–Crippen MR) is 137 cm³/mol. The van der Waals surface area contributed by atoms with Gasteiger partial charge in [-0.3, -0.25) is 9.59 Å². The summed E-state index contributed by atoms with van der Waals surface area (Å²) in [4.78, 5) is 29.8. The monoisotopic (exact) mass is 482 g/mol. The molecule has 5 nitrogen and oxygen atoms in total. The minimum atomic E-state index is -0.0958. The number of benzene rings is 3. The number of hydrogen-bond acceptors (Lipinski definition) is 4. The fraction of sp³-hybridized carbons (Fsp3) is 0.172. The van der Waals surface area contributed by atoms with Gasteiger partial charge in [-0.25, -0.2) is 0 Å². The molecule has 1 aliphatic heterocycles. The Labute approximate surface area is 209 Å². The molecule has 6 heteroatoms. The summed E-state index contributed by atoms with van der Waals surface area (Å²) < 4.78 is 5.45. The van der Waals surface area contributed by atoms with Gasteiger partial charge in [0.25, 0.3) is 5.91 Å². The summed E-state index contributed by atoms with van der Waals surface area (Å²) in [6.07, 6.45) is 1.62. The highest BCUT2D eigenvalue weighted by molar-refractivity contribution is 8.00. The molecule has 0 bridgehead atoms. The molecule has 1 fully saturated rings. The Kier molecular flexibility index (Phi) is 7.00. The van der Waals surface area contributed by atoms with E-state index in [1.165, 1.54) is 0 Å². The Morgan fingerprint density at radius 1 is 0.857 bits per heavy atom. The molecule has 0 radical (unpaired) electrons. The number of amides is 2. The predicted octanol–water partition coefficient (Wildman–Crippen LogP) is 5.90. The van der Waals surface area contributed by atoms with Gasteiger partial charge in [0.1, 0.15) is 11.1 Å². The molecule has 35 heavy (non-hydrogen) atoms. The molecule has 176 valence electrons. The van der Waals surface area contributed by atoms with Gasteiger partial charge in [-0.15, -0.1) is 11.8 Å². The van der Waals surface area contributed by atoms with Crippen molar-refractivity contribution in [3.05, 3.63) is 131 Å². The highest BCUT2D eigenvalue weighted by Crippen LogP contribution is 2.39. The normalized spacial score (nSPS) is 15.4. The number of furan rings is 1. The lowest BCUT2D eigenvalue weighted by Crippen LogP contribution is -2.30. The minimum Gasteiger partial charge on any atom is -0.467 e. The van der Waals surface area contributed by atoms with Gasteiger partial charge in [0, 0.05) is 18.7 Å². The van der Waals surface area contributed by atoms with Crippen molar-refractivity contribution >= 4 is 23.6 Å². The van der Waals surface area contributed by atoms with E-state index in [1.807, 2.05) is 107 Å². The van der Waals surface area contributed by atoms with Crippen molar-refractivity contribution in [3.63, 3.8) is 0 Å². The Hall–Kier alpha value is -3.77. The Balaban J connectivity index is 1.35. The lowest BCUT2D eigenvalue weighted by atomic mass is 10.1. The maximum absolute atomic E-state index is 13.6. The third kappa shape index (κ3) is 5.49. The zero-order valence-electron chi connectivity index (χ0n) is 19.2. The molecular weight excluding hydrogens is 456 g/mol. The molecule has 2 amide bonds. The maximum atomic E-state index is 13.6. The minimum absolute atomic E-state index is 0.0214. The number of thioether (sulfide) groups is 1. The third-order valence-electron chi connectivity index (χ3n) is 6.04. The molecule has 1 unspecified atom stereocenters. The molecule has 5 rings (SSSR count). The van der Waals surface area contributed by atoms with Gasteiger partial charge >= 0.3 is 0 Å². The molecule has 0 aliphatic carbocycles. The van der Waals surface area contributed by atoms with Gasteiger partial charge in [-0.2, -0.15) is 0 Å². The first-order chi connectivity index (χ1) is 17.2. The first-order valence-corrected chi connectivity index (χ1v) is 12.6. The van der Waals surface area contributed by atoms with Crippen LogP contribution in [0, 0.1) is 0 Å². The van der Waals surface area contributed by atoms with E-state index in [0.717, 1.165) is 22.5 Å². The summed E-state index contributed by atoms with van der Waals surface area (Å²) in [6, 6.07) is 31.4. The van der Waals surface area contributed by atoms with E-state index >= 15 is 0 Å². The first-order valence-electron chi connectivity index (χ1n) is 11.6. The summed E-state index contributed by atoms with van der Waals surface area (Å²) in [5, 5.41) is -0.0958. The molecule has 0 spiro atoms. The molecule has 1 aliphatic rings. The lowest BCUT2D eigenvalue weighted by Gasteiger charge is -2.25. The van der Waals surface area contributed by atoms with Crippen molar-refractivity contribution in [2.45, 2.75) is 25.0 Å². The lowest BCUT2D eigenvalue weighted by molar-refractivity contribution is -0.128. The first kappa shape index (κ1) is 23.0. The number of carbonyl (C=O) groups excluding carboxylic acids is 2. The molecular formula is C29H26N2O3S. The average Bonchev–Trinajstić information content (AvgIpc) is 3.55. The number of hydrogen-bond donors (Lipinski definition) is 0. The van der Waals surface area contributed by atoms with Crippen molar-refractivity contribution in [2.75, 3.05) is 5.75 Å². The SMILES string of the molecule is O=C(c1ccc(C2SCC(=O)N2Cc2ccco2)cc1)N(Cc1ccccc1)Cc1ccccc1. The molecule has 2 heterocycles. The van der Waals surface area contributed by atoms with Crippen LogP contribution in [0.1, 0.15) is 38.2 Å². The van der Waals surface area contributed by atoms with Crippen molar-refractivity contribution in [1.82, 2.24) is 9.80 Å². The van der Waals surface area contributed by atoms with Crippen molar-refractivity contribution in [1.29, 1.82) is 0 Å². The van der Waals surface area contributed by atoms with Crippen LogP contribution in [0.3, 0.4) is 0 Å². The largest absolute Gasteiger partial charge is 0.467 e. The molecule has 3 aromatic carbocycles. The highest BCUT2D eigenvalue weighted by atomic mass is 32.2. The van der Waals surface area contributed by atoms with Gasteiger partial charge in [0.05, 0.1) is 18.6 Å². The van der Waals surface area contributed by atoms with Crippen molar-refractivity contribution < 1.29 is 14.0 Å². The van der Waals surface area contributed by atoms with E-state index in [9.17, 15) is 9.59 Å². The fourth-order valence-corrected chi connectivity index (χ4v) is 5.44. The topological polar surface area (TPSA) is 53.8 Å². The van der Waals surface area contributed by atoms with Crippen LogP contribution in [0.25, 0.3) is 0 Å². The number of rotatable bonds is 8. The van der Waals surface area contributed by atoms with Crippen LogP contribution in [-0.2, 0) is 24.4 Å². The van der Waals surface area contributed by atoms with Crippen molar-refractivity contribution in [2.24, 2.45) is 0 Å². The van der Waals surface area contributed by atoms with Gasteiger partial charge < -0.3 is 14.2 Å². The summed E-state index contributed by atoms with van der Waals surface area (Å²) in [5.41, 5.74) is 3.81. The van der Waals surface area contributed by atoms with Crippen LogP contribution in [0.2, 0.25) is 0 Å². The Bertz CT molecular complexity index is 1220. The second-order valence-corrected chi connectivity index (χ2v) is 9.59. The second-order valence-electron chi connectivity index (χ2n) is 8.52. The van der Waals surface area contributed by atoms with E-state index < -0.39 is 0 Å². The van der Waals surface area contributed by atoms with Crippen LogP contribution < -0.4 is 0 Å². The third-order valence-corrected chi connectivity index (χ3v) is 7.29. The van der Waals surface area contributed by atoms with Gasteiger partial charge in [0.15, 0.2) is 0 Å². The van der Waals surface area contributed by atoms with Crippen LogP contribution in [-0.4, -0.2) is 27.4 Å². The van der Waals surface area contributed by atoms with Gasteiger partial charge in [0.2, 0.25) is 5.91 Å². The highest BCUT2D eigenvalue weighted by Gasteiger charge is 2.33. The summed E-state index contributed by atoms with van der Waals surface area (Å²) in [5.74, 6) is 1.27. The average molecular weight is 483 g/mol. The molecule has 1 saturated heterocycles. The smallest absolute Gasteiger partial charge is 0.254 e. The van der Waals surface area contributed by atoms with E-state index in [1.54, 1.807) is 18.0 Å². The quantitative estimate of drug-likeness (QED) is 0.314. The van der Waals surface area contributed by atoms with Gasteiger partial charge in [-0.1, -0.05) is 72.8 Å². The molecule has 1 atom stereocenters. The number of carbonyl (C=O) groups is 2.